The Bertz CT molecular complexity index is 106. The zero-order chi connectivity index (χ0) is 8.10. The largest absolute Gasteiger partial charge is 0.377 e. The van der Waals surface area contributed by atoms with Crippen molar-refractivity contribution in [3.05, 3.63) is 0 Å². The van der Waals surface area contributed by atoms with E-state index >= 15 is 0 Å². The topological polar surface area (TPSA) is 9.23 Å². The molecule has 1 nitrogen and oxygen atoms in total. The van der Waals surface area contributed by atoms with E-state index in [2.05, 4.69) is 6.92 Å². The molecule has 0 aromatic heterocycles. The molecule has 2 heteroatoms. The molecule has 1 aliphatic heterocycles. The normalized spacial score (nSPS) is 32.2. The minimum absolute atomic E-state index is 0.273. The maximum atomic E-state index is 6.09. The van der Waals surface area contributed by atoms with Crippen LogP contribution in [-0.4, -0.2) is 18.1 Å². The second-order valence-electron chi connectivity index (χ2n) is 3.21. The minimum Gasteiger partial charge on any atom is -0.377 e. The lowest BCUT2D eigenvalue weighted by Gasteiger charge is -2.27. The van der Waals surface area contributed by atoms with Crippen LogP contribution < -0.4 is 0 Å². The molecule has 1 aliphatic rings. The molecule has 1 saturated heterocycles. The molecule has 0 N–H and O–H groups in total. The van der Waals surface area contributed by atoms with Crippen LogP contribution in [0.2, 0.25) is 0 Å². The van der Waals surface area contributed by atoms with Gasteiger partial charge in [-0.2, -0.15) is 0 Å². The average molecular weight is 177 g/mol. The van der Waals surface area contributed by atoms with Crippen molar-refractivity contribution >= 4 is 11.6 Å². The molecule has 0 spiro atoms. The van der Waals surface area contributed by atoms with Crippen LogP contribution >= 0.6 is 11.6 Å². The molecule has 2 atom stereocenters. The van der Waals surface area contributed by atoms with E-state index in [1.807, 2.05) is 0 Å². The summed E-state index contributed by atoms with van der Waals surface area (Å²) in [5, 5.41) is 0.273. The van der Waals surface area contributed by atoms with Crippen molar-refractivity contribution in [2.75, 3.05) is 6.61 Å². The molecule has 0 aromatic rings. The van der Waals surface area contributed by atoms with Gasteiger partial charge in [-0.25, -0.2) is 0 Å². The molecule has 1 rings (SSSR count). The standard InChI is InChI=1S/C9H17ClO/c1-2-3-6-9-8(10)5-4-7-11-9/h8-9H,2-7H2,1H3. The SMILES string of the molecule is CCCCC1OCCCC1Cl. The van der Waals surface area contributed by atoms with Gasteiger partial charge in [0.15, 0.2) is 0 Å². The summed E-state index contributed by atoms with van der Waals surface area (Å²) in [6, 6.07) is 0. The molecule has 11 heavy (non-hydrogen) atoms. The van der Waals surface area contributed by atoms with Crippen LogP contribution in [-0.2, 0) is 4.74 Å². The van der Waals surface area contributed by atoms with E-state index in [1.54, 1.807) is 0 Å². The van der Waals surface area contributed by atoms with Gasteiger partial charge in [0.25, 0.3) is 0 Å². The van der Waals surface area contributed by atoms with Crippen molar-refractivity contribution in [3.8, 4) is 0 Å². The van der Waals surface area contributed by atoms with Crippen LogP contribution in [0.1, 0.15) is 39.0 Å². The average Bonchev–Trinajstić information content (AvgIpc) is 2.03. The second-order valence-corrected chi connectivity index (χ2v) is 3.77. The Morgan fingerprint density at radius 2 is 2.36 bits per heavy atom. The lowest BCUT2D eigenvalue weighted by atomic mass is 10.0. The van der Waals surface area contributed by atoms with E-state index in [9.17, 15) is 0 Å². The molecule has 66 valence electrons. The quantitative estimate of drug-likeness (QED) is 0.601. The Morgan fingerprint density at radius 3 is 3.00 bits per heavy atom. The lowest BCUT2D eigenvalue weighted by molar-refractivity contribution is 0.0134. The van der Waals surface area contributed by atoms with Gasteiger partial charge in [0.2, 0.25) is 0 Å². The number of ether oxygens (including phenoxy) is 1. The van der Waals surface area contributed by atoms with Crippen LogP contribution in [0.5, 0.6) is 0 Å². The van der Waals surface area contributed by atoms with E-state index in [0.29, 0.717) is 6.10 Å². The van der Waals surface area contributed by atoms with Crippen LogP contribution in [0, 0.1) is 0 Å². The van der Waals surface area contributed by atoms with E-state index in [0.717, 1.165) is 25.9 Å². The molecule has 1 heterocycles. The van der Waals surface area contributed by atoms with Crippen LogP contribution in [0.3, 0.4) is 0 Å². The maximum absolute atomic E-state index is 6.09. The van der Waals surface area contributed by atoms with Crippen molar-refractivity contribution in [1.29, 1.82) is 0 Å². The summed E-state index contributed by atoms with van der Waals surface area (Å²) in [6.45, 7) is 3.11. The number of unbranched alkanes of at least 4 members (excludes halogenated alkanes) is 1. The molecule has 0 bridgehead atoms. The Morgan fingerprint density at radius 1 is 1.55 bits per heavy atom. The van der Waals surface area contributed by atoms with Gasteiger partial charge in [-0.15, -0.1) is 11.6 Å². The summed E-state index contributed by atoms with van der Waals surface area (Å²) in [6.07, 6.45) is 6.24. The van der Waals surface area contributed by atoms with Gasteiger partial charge >= 0.3 is 0 Å². The molecule has 2 unspecified atom stereocenters. The molecule has 0 amide bonds. The van der Waals surface area contributed by atoms with E-state index in [1.165, 1.54) is 12.8 Å². The van der Waals surface area contributed by atoms with Gasteiger partial charge < -0.3 is 4.74 Å². The number of alkyl halides is 1. The molecular formula is C9H17ClO. The number of rotatable bonds is 3. The van der Waals surface area contributed by atoms with E-state index in [-0.39, 0.29) is 5.38 Å². The summed E-state index contributed by atoms with van der Waals surface area (Å²) in [5.74, 6) is 0. The fourth-order valence-corrected chi connectivity index (χ4v) is 1.83. The fourth-order valence-electron chi connectivity index (χ4n) is 1.47. The first-order valence-corrected chi connectivity index (χ1v) is 5.04. The molecule has 0 radical (unpaired) electrons. The molecule has 0 aliphatic carbocycles. The fraction of sp³-hybridized carbons (Fsp3) is 1.00. The summed E-state index contributed by atoms with van der Waals surface area (Å²) >= 11 is 6.09. The van der Waals surface area contributed by atoms with Gasteiger partial charge in [0.1, 0.15) is 0 Å². The lowest BCUT2D eigenvalue weighted by Crippen LogP contribution is -2.29. The predicted octanol–water partition coefficient (Wildman–Crippen LogP) is 2.96. The second kappa shape index (κ2) is 5.00. The van der Waals surface area contributed by atoms with Crippen LogP contribution in [0.4, 0.5) is 0 Å². The first-order valence-electron chi connectivity index (χ1n) is 4.60. The van der Waals surface area contributed by atoms with Crippen molar-refractivity contribution in [2.24, 2.45) is 0 Å². The molecular weight excluding hydrogens is 160 g/mol. The van der Waals surface area contributed by atoms with Gasteiger partial charge in [-0.05, 0) is 19.3 Å². The third-order valence-corrected chi connectivity index (χ3v) is 2.70. The highest BCUT2D eigenvalue weighted by Gasteiger charge is 2.22. The Hall–Kier alpha value is 0.250. The Labute approximate surface area is 74.1 Å². The van der Waals surface area contributed by atoms with Gasteiger partial charge in [-0.1, -0.05) is 19.8 Å². The first kappa shape index (κ1) is 9.34. The van der Waals surface area contributed by atoms with Gasteiger partial charge in [0, 0.05) is 6.61 Å². The van der Waals surface area contributed by atoms with Crippen LogP contribution in [0.25, 0.3) is 0 Å². The summed E-state index contributed by atoms with van der Waals surface area (Å²) in [4.78, 5) is 0. The first-order chi connectivity index (χ1) is 5.34. The zero-order valence-corrected chi connectivity index (χ0v) is 7.94. The molecule has 0 saturated carbocycles. The molecule has 1 fully saturated rings. The summed E-state index contributed by atoms with van der Waals surface area (Å²) < 4.78 is 5.56. The Balaban J connectivity index is 2.18. The zero-order valence-electron chi connectivity index (χ0n) is 7.18. The predicted molar refractivity (Wildman–Crippen MR) is 48.1 cm³/mol. The minimum atomic E-state index is 0.273. The van der Waals surface area contributed by atoms with E-state index in [4.69, 9.17) is 16.3 Å². The van der Waals surface area contributed by atoms with E-state index < -0.39 is 0 Å². The highest BCUT2D eigenvalue weighted by atomic mass is 35.5. The third-order valence-electron chi connectivity index (χ3n) is 2.20. The van der Waals surface area contributed by atoms with Gasteiger partial charge in [-0.3, -0.25) is 0 Å². The number of halogens is 1. The summed E-state index contributed by atoms with van der Waals surface area (Å²) in [5.41, 5.74) is 0. The summed E-state index contributed by atoms with van der Waals surface area (Å²) in [7, 11) is 0. The highest BCUT2D eigenvalue weighted by Crippen LogP contribution is 2.22. The maximum Gasteiger partial charge on any atom is 0.0738 e. The van der Waals surface area contributed by atoms with Crippen LogP contribution in [0.15, 0.2) is 0 Å². The third kappa shape index (κ3) is 3.00. The number of hydrogen-bond acceptors (Lipinski definition) is 1. The van der Waals surface area contributed by atoms with Crippen molar-refractivity contribution in [3.63, 3.8) is 0 Å². The van der Waals surface area contributed by atoms with Crippen molar-refractivity contribution in [2.45, 2.75) is 50.5 Å². The highest BCUT2D eigenvalue weighted by molar-refractivity contribution is 6.21. The smallest absolute Gasteiger partial charge is 0.0738 e. The number of hydrogen-bond donors (Lipinski definition) is 0. The Kier molecular flexibility index (Phi) is 4.24. The van der Waals surface area contributed by atoms with Gasteiger partial charge in [0.05, 0.1) is 11.5 Å². The molecule has 0 aromatic carbocycles. The van der Waals surface area contributed by atoms with Crippen molar-refractivity contribution in [1.82, 2.24) is 0 Å². The monoisotopic (exact) mass is 176 g/mol. The van der Waals surface area contributed by atoms with Crippen molar-refractivity contribution < 1.29 is 4.74 Å².